The average Bonchev–Trinajstić information content (AvgIpc) is 2.80. The Kier molecular flexibility index (Phi) is 5.19. The Morgan fingerprint density at radius 1 is 1.36 bits per heavy atom. The summed E-state index contributed by atoms with van der Waals surface area (Å²) in [5.41, 5.74) is 3.05. The highest BCUT2D eigenvalue weighted by molar-refractivity contribution is 7.13. The van der Waals surface area contributed by atoms with Gasteiger partial charge >= 0.3 is 0 Å². The Morgan fingerprint density at radius 3 is 2.64 bits per heavy atom. The molecule has 2 aromatic rings. The van der Waals surface area contributed by atoms with Gasteiger partial charge in [-0.2, -0.15) is 0 Å². The maximum absolute atomic E-state index is 10.9. The van der Waals surface area contributed by atoms with Gasteiger partial charge in [0.2, 0.25) is 0 Å². The topological polar surface area (TPSA) is 62.2 Å². The van der Waals surface area contributed by atoms with Crippen molar-refractivity contribution in [2.75, 3.05) is 6.61 Å². The highest BCUT2D eigenvalue weighted by atomic mass is 32.1. The van der Waals surface area contributed by atoms with E-state index in [4.69, 9.17) is 4.74 Å². The van der Waals surface area contributed by atoms with Gasteiger partial charge in [-0.05, 0) is 43.0 Å². The molecular weight excluding hydrogens is 298 g/mol. The summed E-state index contributed by atoms with van der Waals surface area (Å²) in [7, 11) is 0. The largest absolute Gasteiger partial charge is 0.544 e. The van der Waals surface area contributed by atoms with Gasteiger partial charge in [0, 0.05) is 6.42 Å². The lowest BCUT2D eigenvalue weighted by molar-refractivity contribution is -0.254. The summed E-state index contributed by atoms with van der Waals surface area (Å²) in [5.74, 6) is 0.160. The lowest BCUT2D eigenvalue weighted by Crippen LogP contribution is -2.21. The molecule has 0 radical (unpaired) electrons. The van der Waals surface area contributed by atoms with Crippen molar-refractivity contribution in [1.29, 1.82) is 0 Å². The molecule has 4 nitrogen and oxygen atoms in total. The SMILES string of the molecule is Cc1cc(OCCc2nc(C)c(C(=O)[O-])s2)ccc1C(C)C. The molecule has 0 spiro atoms. The number of carbonyl (C=O) groups excluding carboxylic acids is 1. The maximum atomic E-state index is 10.9. The molecule has 0 bridgehead atoms. The van der Waals surface area contributed by atoms with Crippen molar-refractivity contribution in [3.8, 4) is 5.75 Å². The summed E-state index contributed by atoms with van der Waals surface area (Å²) in [4.78, 5) is 15.3. The Morgan fingerprint density at radius 2 is 2.09 bits per heavy atom. The highest BCUT2D eigenvalue weighted by Crippen LogP contribution is 2.24. The van der Waals surface area contributed by atoms with E-state index < -0.39 is 5.97 Å². The van der Waals surface area contributed by atoms with Crippen LogP contribution >= 0.6 is 11.3 Å². The second-order valence-corrected chi connectivity index (χ2v) is 6.66. The number of aromatic nitrogens is 1. The number of carboxylic acids is 1. The number of hydrogen-bond donors (Lipinski definition) is 0. The number of aromatic carboxylic acids is 1. The Bertz CT molecular complexity index is 677. The van der Waals surface area contributed by atoms with Crippen LogP contribution in [-0.4, -0.2) is 17.6 Å². The number of hydrogen-bond acceptors (Lipinski definition) is 5. The third kappa shape index (κ3) is 3.85. The van der Waals surface area contributed by atoms with Crippen molar-refractivity contribution in [3.63, 3.8) is 0 Å². The number of thiazole rings is 1. The van der Waals surface area contributed by atoms with Crippen LogP contribution in [0.15, 0.2) is 18.2 Å². The van der Waals surface area contributed by atoms with Crippen molar-refractivity contribution >= 4 is 17.3 Å². The van der Waals surface area contributed by atoms with Crippen molar-refractivity contribution in [1.82, 2.24) is 4.98 Å². The van der Waals surface area contributed by atoms with E-state index in [1.54, 1.807) is 6.92 Å². The molecule has 2 rings (SSSR count). The molecule has 0 aliphatic carbocycles. The molecule has 0 fully saturated rings. The standard InChI is InChI=1S/C17H21NO3S/c1-10(2)14-6-5-13(9-11(14)3)21-8-7-15-18-12(4)16(22-15)17(19)20/h5-6,9-10H,7-8H2,1-4H3,(H,19,20)/p-1. The monoisotopic (exact) mass is 318 g/mol. The summed E-state index contributed by atoms with van der Waals surface area (Å²) in [6, 6.07) is 6.11. The van der Waals surface area contributed by atoms with Gasteiger partial charge in [-0.15, -0.1) is 11.3 Å². The minimum absolute atomic E-state index is 0.201. The van der Waals surface area contributed by atoms with E-state index in [9.17, 15) is 9.90 Å². The van der Waals surface area contributed by atoms with Crippen molar-refractivity contribution in [3.05, 3.63) is 44.9 Å². The van der Waals surface area contributed by atoms with E-state index >= 15 is 0 Å². The fraction of sp³-hybridized carbons (Fsp3) is 0.412. The number of aryl methyl sites for hydroxylation is 2. The number of ether oxygens (including phenoxy) is 1. The van der Waals surface area contributed by atoms with E-state index in [0.29, 0.717) is 24.6 Å². The fourth-order valence-corrected chi connectivity index (χ4v) is 3.27. The van der Waals surface area contributed by atoms with Gasteiger partial charge in [-0.1, -0.05) is 19.9 Å². The van der Waals surface area contributed by atoms with Crippen LogP contribution in [0.3, 0.4) is 0 Å². The Hall–Kier alpha value is -1.88. The predicted octanol–water partition coefficient (Wildman–Crippen LogP) is 2.87. The minimum Gasteiger partial charge on any atom is -0.544 e. The first-order valence-corrected chi connectivity index (χ1v) is 8.11. The first kappa shape index (κ1) is 16.5. The third-order valence-corrected chi connectivity index (χ3v) is 4.67. The van der Waals surface area contributed by atoms with Crippen LogP contribution in [-0.2, 0) is 6.42 Å². The summed E-state index contributed by atoms with van der Waals surface area (Å²) >= 11 is 1.16. The molecule has 1 heterocycles. The van der Waals surface area contributed by atoms with Crippen LogP contribution in [0.25, 0.3) is 0 Å². The maximum Gasteiger partial charge on any atom is 0.119 e. The first-order chi connectivity index (χ1) is 10.4. The quantitative estimate of drug-likeness (QED) is 0.821. The molecule has 0 saturated carbocycles. The number of nitrogens with zero attached hydrogens (tertiary/aromatic N) is 1. The second kappa shape index (κ2) is 6.92. The molecule has 0 unspecified atom stereocenters. The van der Waals surface area contributed by atoms with Crippen LogP contribution in [0.2, 0.25) is 0 Å². The van der Waals surface area contributed by atoms with Gasteiger partial charge in [0.25, 0.3) is 0 Å². The summed E-state index contributed by atoms with van der Waals surface area (Å²) in [6.45, 7) is 8.57. The van der Waals surface area contributed by atoms with Crippen LogP contribution in [0, 0.1) is 13.8 Å². The van der Waals surface area contributed by atoms with Crippen molar-refractivity contribution in [2.24, 2.45) is 0 Å². The van der Waals surface area contributed by atoms with Gasteiger partial charge in [-0.25, -0.2) is 4.98 Å². The van der Waals surface area contributed by atoms with Crippen LogP contribution in [0.1, 0.15) is 51.3 Å². The van der Waals surface area contributed by atoms with Gasteiger partial charge in [-0.3, -0.25) is 0 Å². The summed E-state index contributed by atoms with van der Waals surface area (Å²) < 4.78 is 5.74. The zero-order valence-electron chi connectivity index (χ0n) is 13.3. The molecule has 0 amide bonds. The molecule has 1 aromatic carbocycles. The second-order valence-electron chi connectivity index (χ2n) is 5.58. The molecular formula is C17H20NO3S-. The fourth-order valence-electron chi connectivity index (χ4n) is 2.39. The molecule has 0 aliphatic rings. The Labute approximate surface area is 134 Å². The Balaban J connectivity index is 1.95. The van der Waals surface area contributed by atoms with Gasteiger partial charge in [0.05, 0.1) is 28.2 Å². The smallest absolute Gasteiger partial charge is 0.119 e. The molecule has 0 saturated heterocycles. The first-order valence-electron chi connectivity index (χ1n) is 7.29. The molecule has 0 aliphatic heterocycles. The molecule has 5 heteroatoms. The zero-order chi connectivity index (χ0) is 16.3. The number of carbonyl (C=O) groups is 1. The van der Waals surface area contributed by atoms with Crippen LogP contribution in [0.4, 0.5) is 0 Å². The van der Waals surface area contributed by atoms with E-state index in [1.807, 2.05) is 12.1 Å². The van der Waals surface area contributed by atoms with E-state index in [-0.39, 0.29) is 4.88 Å². The lowest BCUT2D eigenvalue weighted by Gasteiger charge is -2.12. The van der Waals surface area contributed by atoms with E-state index in [0.717, 1.165) is 22.1 Å². The molecule has 1 aromatic heterocycles. The van der Waals surface area contributed by atoms with Crippen molar-refractivity contribution in [2.45, 2.75) is 40.0 Å². The van der Waals surface area contributed by atoms with Gasteiger partial charge in [0.15, 0.2) is 0 Å². The normalized spacial score (nSPS) is 11.0. The molecule has 118 valence electrons. The number of carboxylic acid groups (broad SMARTS) is 1. The predicted molar refractivity (Wildman–Crippen MR) is 85.6 cm³/mol. The summed E-state index contributed by atoms with van der Waals surface area (Å²) in [5, 5.41) is 11.6. The average molecular weight is 318 g/mol. The van der Waals surface area contributed by atoms with E-state index in [1.165, 1.54) is 11.1 Å². The van der Waals surface area contributed by atoms with Gasteiger partial charge in [0.1, 0.15) is 5.75 Å². The summed E-state index contributed by atoms with van der Waals surface area (Å²) in [6.07, 6.45) is 0.587. The minimum atomic E-state index is -1.16. The van der Waals surface area contributed by atoms with Gasteiger partial charge < -0.3 is 14.6 Å². The highest BCUT2D eigenvalue weighted by Gasteiger charge is 2.09. The zero-order valence-corrected chi connectivity index (χ0v) is 14.1. The molecule has 22 heavy (non-hydrogen) atoms. The number of rotatable bonds is 6. The van der Waals surface area contributed by atoms with Crippen LogP contribution < -0.4 is 9.84 Å². The van der Waals surface area contributed by atoms with Crippen LogP contribution in [0.5, 0.6) is 5.75 Å². The molecule has 0 atom stereocenters. The molecule has 0 N–H and O–H groups in total. The number of benzene rings is 1. The lowest BCUT2D eigenvalue weighted by atomic mass is 9.98. The van der Waals surface area contributed by atoms with Crippen molar-refractivity contribution < 1.29 is 14.6 Å². The third-order valence-electron chi connectivity index (χ3n) is 3.47. The van der Waals surface area contributed by atoms with E-state index in [2.05, 4.69) is 31.8 Å².